The second-order valence-electron chi connectivity index (χ2n) is 6.32. The summed E-state index contributed by atoms with van der Waals surface area (Å²) in [5.41, 5.74) is 2.43. The fraction of sp³-hybridized carbons (Fsp3) is 0.421. The van der Waals surface area contributed by atoms with E-state index in [9.17, 15) is 18.0 Å². The third-order valence-corrected chi connectivity index (χ3v) is 4.44. The van der Waals surface area contributed by atoms with Crippen LogP contribution >= 0.6 is 0 Å². The maximum Gasteiger partial charge on any atom is 0.409 e. The molecule has 2 aromatic carbocycles. The number of carbonyl (C=O) groups excluding carboxylic acids is 1. The zero-order valence-corrected chi connectivity index (χ0v) is 14.5. The van der Waals surface area contributed by atoms with Gasteiger partial charge < -0.3 is 4.74 Å². The summed E-state index contributed by atoms with van der Waals surface area (Å²) in [6.45, 7) is 2.58. The largest absolute Gasteiger partial charge is 0.493 e. The number of carbonyl (C=O) groups is 1. The Morgan fingerprint density at radius 1 is 1.19 bits per heavy atom. The van der Waals surface area contributed by atoms with Crippen LogP contribution in [0.1, 0.15) is 37.8 Å². The molecule has 26 heavy (non-hydrogen) atoms. The van der Waals surface area contributed by atoms with E-state index in [0.717, 1.165) is 17.9 Å². The van der Waals surface area contributed by atoms with Crippen LogP contribution in [0.15, 0.2) is 36.4 Å². The Bertz CT molecular complexity index is 792. The van der Waals surface area contributed by atoms with Crippen LogP contribution in [0.4, 0.5) is 13.2 Å². The van der Waals surface area contributed by atoms with E-state index in [1.54, 1.807) is 30.3 Å². The average molecular weight is 366 g/mol. The van der Waals surface area contributed by atoms with E-state index in [1.165, 1.54) is 6.07 Å². The number of hydrazine groups is 1. The lowest BCUT2D eigenvalue weighted by Crippen LogP contribution is -2.43. The number of halogens is 3. The summed E-state index contributed by atoms with van der Waals surface area (Å²) in [7, 11) is 0. The molecular weight excluding hydrogens is 345 g/mol. The maximum absolute atomic E-state index is 13.8. The van der Waals surface area contributed by atoms with Gasteiger partial charge in [-0.25, -0.2) is 5.01 Å². The van der Waals surface area contributed by atoms with Crippen LogP contribution in [-0.2, 0) is 4.79 Å². The van der Waals surface area contributed by atoms with Gasteiger partial charge in [-0.15, -0.1) is 0 Å². The number of alkyl halides is 3. The highest BCUT2D eigenvalue weighted by molar-refractivity contribution is 5.91. The van der Waals surface area contributed by atoms with Crippen molar-refractivity contribution < 1.29 is 22.7 Å². The summed E-state index contributed by atoms with van der Waals surface area (Å²) in [6.07, 6.45) is -2.62. The predicted molar refractivity (Wildman–Crippen MR) is 92.6 cm³/mol. The SMILES string of the molecule is CCCCOc1ccc(C(N2CCC(=O)N2)C(F)(F)F)c2ccccc12. The van der Waals surface area contributed by atoms with Gasteiger partial charge in [0.25, 0.3) is 0 Å². The quantitative estimate of drug-likeness (QED) is 0.773. The second-order valence-corrected chi connectivity index (χ2v) is 6.32. The van der Waals surface area contributed by atoms with Gasteiger partial charge in [-0.3, -0.25) is 10.2 Å². The van der Waals surface area contributed by atoms with Crippen molar-refractivity contribution in [1.82, 2.24) is 10.4 Å². The summed E-state index contributed by atoms with van der Waals surface area (Å²) in [4.78, 5) is 11.4. The van der Waals surface area contributed by atoms with Crippen molar-refractivity contribution in [2.45, 2.75) is 38.4 Å². The molecule has 0 saturated carbocycles. The Labute approximate surface area is 149 Å². The van der Waals surface area contributed by atoms with Crippen LogP contribution in [-0.4, -0.2) is 30.2 Å². The van der Waals surface area contributed by atoms with Crippen molar-refractivity contribution >= 4 is 16.7 Å². The number of fused-ring (bicyclic) bond motifs is 1. The number of unbranched alkanes of at least 4 members (excludes halogenated alkanes) is 1. The first kappa shape index (κ1) is 18.5. The monoisotopic (exact) mass is 366 g/mol. The minimum Gasteiger partial charge on any atom is -0.493 e. The number of hydrogen-bond donors (Lipinski definition) is 1. The summed E-state index contributed by atoms with van der Waals surface area (Å²) in [6, 6.07) is 8.04. The zero-order valence-electron chi connectivity index (χ0n) is 14.5. The third-order valence-electron chi connectivity index (χ3n) is 4.44. The molecule has 0 spiro atoms. The minimum atomic E-state index is -4.52. The minimum absolute atomic E-state index is 0.0199. The standard InChI is InChI=1S/C19H21F3N2O2/c1-2-3-12-26-16-9-8-15(13-6-4-5-7-14(13)16)18(19(20,21)22)24-11-10-17(25)23-24/h4-9,18H,2-3,10-12H2,1H3,(H,23,25). The molecule has 0 aliphatic carbocycles. The Kier molecular flexibility index (Phi) is 5.36. The number of nitrogens with one attached hydrogen (secondary N) is 1. The van der Waals surface area contributed by atoms with Gasteiger partial charge in [0.05, 0.1) is 6.61 Å². The first-order chi connectivity index (χ1) is 12.4. The molecule has 0 aromatic heterocycles. The molecule has 2 aromatic rings. The fourth-order valence-electron chi connectivity index (χ4n) is 3.19. The van der Waals surface area contributed by atoms with Gasteiger partial charge in [0.2, 0.25) is 5.91 Å². The molecule has 1 N–H and O–H groups in total. The molecule has 1 heterocycles. The van der Waals surface area contributed by atoms with E-state index in [2.05, 4.69) is 5.43 Å². The van der Waals surface area contributed by atoms with Crippen molar-refractivity contribution in [3.63, 3.8) is 0 Å². The van der Waals surface area contributed by atoms with Gasteiger partial charge in [-0.2, -0.15) is 13.2 Å². The molecule has 7 heteroatoms. The van der Waals surface area contributed by atoms with Gasteiger partial charge in [0.1, 0.15) is 5.75 Å². The van der Waals surface area contributed by atoms with Crippen molar-refractivity contribution in [3.8, 4) is 5.75 Å². The first-order valence-electron chi connectivity index (χ1n) is 8.69. The summed E-state index contributed by atoms with van der Waals surface area (Å²) in [5.74, 6) is 0.173. The first-order valence-corrected chi connectivity index (χ1v) is 8.69. The molecule has 1 fully saturated rings. The van der Waals surface area contributed by atoms with E-state index in [-0.39, 0.29) is 18.5 Å². The number of amides is 1. The fourth-order valence-corrected chi connectivity index (χ4v) is 3.19. The number of benzene rings is 2. The Morgan fingerprint density at radius 3 is 2.54 bits per heavy atom. The molecular formula is C19H21F3N2O2. The van der Waals surface area contributed by atoms with Gasteiger partial charge in [-0.1, -0.05) is 43.7 Å². The molecule has 1 saturated heterocycles. The highest BCUT2D eigenvalue weighted by atomic mass is 19.4. The molecule has 0 bridgehead atoms. The highest BCUT2D eigenvalue weighted by Gasteiger charge is 2.47. The number of ether oxygens (including phenoxy) is 1. The van der Waals surface area contributed by atoms with E-state index < -0.39 is 18.1 Å². The van der Waals surface area contributed by atoms with Crippen molar-refractivity contribution in [1.29, 1.82) is 0 Å². The van der Waals surface area contributed by atoms with Crippen LogP contribution in [0.3, 0.4) is 0 Å². The van der Waals surface area contributed by atoms with Gasteiger partial charge in [-0.05, 0) is 23.4 Å². The molecule has 3 rings (SSSR count). The zero-order chi connectivity index (χ0) is 18.7. The lowest BCUT2D eigenvalue weighted by atomic mass is 9.97. The van der Waals surface area contributed by atoms with E-state index in [0.29, 0.717) is 23.1 Å². The molecule has 0 radical (unpaired) electrons. The van der Waals surface area contributed by atoms with E-state index in [4.69, 9.17) is 4.74 Å². The number of nitrogens with zero attached hydrogens (tertiary/aromatic N) is 1. The van der Waals surface area contributed by atoms with Crippen molar-refractivity contribution in [2.24, 2.45) is 0 Å². The summed E-state index contributed by atoms with van der Waals surface area (Å²) < 4.78 is 47.3. The lowest BCUT2D eigenvalue weighted by Gasteiger charge is -2.30. The molecule has 140 valence electrons. The number of rotatable bonds is 6. The van der Waals surface area contributed by atoms with Crippen LogP contribution in [0, 0.1) is 0 Å². The van der Waals surface area contributed by atoms with Crippen LogP contribution in [0.5, 0.6) is 5.75 Å². The van der Waals surface area contributed by atoms with E-state index in [1.807, 2.05) is 6.92 Å². The Morgan fingerprint density at radius 2 is 1.92 bits per heavy atom. The third kappa shape index (κ3) is 3.77. The Balaban J connectivity index is 2.05. The van der Waals surface area contributed by atoms with Crippen LogP contribution in [0.2, 0.25) is 0 Å². The summed E-state index contributed by atoms with van der Waals surface area (Å²) >= 11 is 0. The average Bonchev–Trinajstić information content (AvgIpc) is 3.01. The second kappa shape index (κ2) is 7.53. The van der Waals surface area contributed by atoms with Crippen LogP contribution in [0.25, 0.3) is 10.8 Å². The van der Waals surface area contributed by atoms with Crippen molar-refractivity contribution in [3.05, 3.63) is 42.0 Å². The topological polar surface area (TPSA) is 41.6 Å². The molecule has 1 aliphatic heterocycles. The van der Waals surface area contributed by atoms with Crippen LogP contribution < -0.4 is 10.2 Å². The molecule has 1 atom stereocenters. The van der Waals surface area contributed by atoms with Gasteiger partial charge in [0, 0.05) is 18.4 Å². The normalized spacial score (nSPS) is 16.7. The molecule has 1 unspecified atom stereocenters. The molecule has 1 amide bonds. The van der Waals surface area contributed by atoms with E-state index >= 15 is 0 Å². The Hall–Kier alpha value is -2.28. The van der Waals surface area contributed by atoms with Gasteiger partial charge >= 0.3 is 6.18 Å². The maximum atomic E-state index is 13.8. The molecule has 1 aliphatic rings. The van der Waals surface area contributed by atoms with Crippen molar-refractivity contribution in [2.75, 3.05) is 13.2 Å². The predicted octanol–water partition coefficient (Wildman–Crippen LogP) is 4.36. The lowest BCUT2D eigenvalue weighted by molar-refractivity contribution is -0.190. The summed E-state index contributed by atoms with van der Waals surface area (Å²) in [5, 5.41) is 2.09. The van der Waals surface area contributed by atoms with Gasteiger partial charge in [0.15, 0.2) is 6.04 Å². The molecule has 4 nitrogen and oxygen atoms in total. The number of hydrogen-bond acceptors (Lipinski definition) is 3. The highest BCUT2D eigenvalue weighted by Crippen LogP contribution is 2.42. The smallest absolute Gasteiger partial charge is 0.409 e.